The van der Waals surface area contributed by atoms with Crippen molar-refractivity contribution >= 4 is 11.8 Å². The first-order chi connectivity index (χ1) is 8.20. The number of benzene rings is 1. The van der Waals surface area contributed by atoms with Gasteiger partial charge in [-0.05, 0) is 18.6 Å². The monoisotopic (exact) mass is 248 g/mol. The molecule has 0 bridgehead atoms. The van der Waals surface area contributed by atoms with Crippen molar-refractivity contribution in [1.82, 2.24) is 9.97 Å². The second kappa shape index (κ2) is 5.05. The molecule has 2 rings (SSSR count). The van der Waals surface area contributed by atoms with Gasteiger partial charge < -0.3 is 4.98 Å². The van der Waals surface area contributed by atoms with Crippen LogP contribution in [0.5, 0.6) is 0 Å². The van der Waals surface area contributed by atoms with E-state index in [0.29, 0.717) is 17.0 Å². The lowest BCUT2D eigenvalue weighted by Gasteiger charge is -2.05. The van der Waals surface area contributed by atoms with Gasteiger partial charge in [0.25, 0.3) is 5.56 Å². The number of nitrogens with one attached hydrogen (secondary N) is 2. The molecule has 5 heteroatoms. The molecule has 0 spiro atoms. The summed E-state index contributed by atoms with van der Waals surface area (Å²) in [7, 11) is 0. The fourth-order valence-electron chi connectivity index (χ4n) is 1.51. The maximum absolute atomic E-state index is 11.6. The molecule has 0 saturated heterocycles. The van der Waals surface area contributed by atoms with Crippen LogP contribution in [0.3, 0.4) is 0 Å². The number of H-pyrrole nitrogens is 2. The van der Waals surface area contributed by atoms with Crippen molar-refractivity contribution in [2.24, 2.45) is 0 Å². The molecule has 88 valence electrons. The molecule has 0 saturated carbocycles. The van der Waals surface area contributed by atoms with E-state index >= 15 is 0 Å². The third-order valence-electron chi connectivity index (χ3n) is 2.32. The first-order valence-electron chi connectivity index (χ1n) is 5.29. The smallest absolute Gasteiger partial charge is 0.301 e. The summed E-state index contributed by atoms with van der Waals surface area (Å²) < 4.78 is 0. The summed E-state index contributed by atoms with van der Waals surface area (Å²) in [4.78, 5) is 28.7. The molecule has 0 aliphatic heterocycles. The number of aromatic nitrogens is 2. The van der Waals surface area contributed by atoms with Crippen LogP contribution in [-0.2, 0) is 6.42 Å². The fraction of sp³-hybridized carbons (Fsp3) is 0.167. The minimum Gasteiger partial charge on any atom is -0.301 e. The molecule has 0 aliphatic carbocycles. The maximum atomic E-state index is 11.6. The summed E-state index contributed by atoms with van der Waals surface area (Å²) in [6.07, 6.45) is 0.585. The van der Waals surface area contributed by atoms with Crippen LogP contribution in [0.25, 0.3) is 0 Å². The Kier molecular flexibility index (Phi) is 3.49. The van der Waals surface area contributed by atoms with Gasteiger partial charge in [0, 0.05) is 10.5 Å². The molecule has 2 N–H and O–H groups in total. The second-order valence-electron chi connectivity index (χ2n) is 3.48. The van der Waals surface area contributed by atoms with E-state index in [9.17, 15) is 9.59 Å². The summed E-state index contributed by atoms with van der Waals surface area (Å²) in [6.45, 7) is 1.89. The highest BCUT2D eigenvalue weighted by Gasteiger charge is 2.08. The molecule has 0 radical (unpaired) electrons. The highest BCUT2D eigenvalue weighted by atomic mass is 32.2. The zero-order valence-electron chi connectivity index (χ0n) is 9.32. The van der Waals surface area contributed by atoms with Gasteiger partial charge in [-0.15, -0.1) is 0 Å². The predicted octanol–water partition coefficient (Wildman–Crippen LogP) is 1.78. The van der Waals surface area contributed by atoms with E-state index in [4.69, 9.17) is 0 Å². The zero-order chi connectivity index (χ0) is 12.3. The molecular weight excluding hydrogens is 236 g/mol. The average molecular weight is 248 g/mol. The third kappa shape index (κ3) is 2.68. The summed E-state index contributed by atoms with van der Waals surface area (Å²) in [5.74, 6) is 0. The molecule has 1 aromatic heterocycles. The SMILES string of the molecule is CCc1c(Sc2ccccc2)[nH]c(=O)[nH]c1=O. The van der Waals surface area contributed by atoms with Crippen LogP contribution in [0.2, 0.25) is 0 Å². The Hall–Kier alpha value is -1.75. The minimum atomic E-state index is -0.467. The molecule has 0 unspecified atom stereocenters. The normalized spacial score (nSPS) is 10.4. The molecule has 0 aliphatic rings. The van der Waals surface area contributed by atoms with Gasteiger partial charge in [-0.2, -0.15) is 0 Å². The van der Waals surface area contributed by atoms with Gasteiger partial charge in [0.2, 0.25) is 0 Å². The lowest BCUT2D eigenvalue weighted by molar-refractivity contribution is 0.875. The molecule has 4 nitrogen and oxygen atoms in total. The Morgan fingerprint density at radius 3 is 2.47 bits per heavy atom. The van der Waals surface area contributed by atoms with E-state index in [1.54, 1.807) is 0 Å². The Labute approximate surface area is 102 Å². The maximum Gasteiger partial charge on any atom is 0.326 e. The highest BCUT2D eigenvalue weighted by Crippen LogP contribution is 2.26. The zero-order valence-corrected chi connectivity index (χ0v) is 10.1. The first-order valence-corrected chi connectivity index (χ1v) is 6.10. The summed E-state index contributed by atoms with van der Waals surface area (Å²) in [5.41, 5.74) is -0.168. The van der Waals surface area contributed by atoms with Gasteiger partial charge in [0.15, 0.2) is 0 Å². The molecule has 17 heavy (non-hydrogen) atoms. The predicted molar refractivity (Wildman–Crippen MR) is 67.6 cm³/mol. The third-order valence-corrected chi connectivity index (χ3v) is 3.38. The number of rotatable bonds is 3. The Morgan fingerprint density at radius 1 is 1.12 bits per heavy atom. The van der Waals surface area contributed by atoms with Crippen LogP contribution in [0.15, 0.2) is 49.8 Å². The highest BCUT2D eigenvalue weighted by molar-refractivity contribution is 7.99. The van der Waals surface area contributed by atoms with Crippen molar-refractivity contribution in [3.8, 4) is 0 Å². The van der Waals surface area contributed by atoms with E-state index < -0.39 is 5.69 Å². The van der Waals surface area contributed by atoms with Gasteiger partial charge in [-0.25, -0.2) is 4.79 Å². The van der Waals surface area contributed by atoms with Crippen LogP contribution in [-0.4, -0.2) is 9.97 Å². The van der Waals surface area contributed by atoms with E-state index in [0.717, 1.165) is 4.90 Å². The van der Waals surface area contributed by atoms with Crippen molar-refractivity contribution in [1.29, 1.82) is 0 Å². The molecular formula is C12H12N2O2S. The summed E-state index contributed by atoms with van der Waals surface area (Å²) in [5, 5.41) is 0.618. The van der Waals surface area contributed by atoms with E-state index in [-0.39, 0.29) is 5.56 Å². The van der Waals surface area contributed by atoms with Crippen LogP contribution >= 0.6 is 11.8 Å². The van der Waals surface area contributed by atoms with E-state index in [1.165, 1.54) is 11.8 Å². The van der Waals surface area contributed by atoms with Crippen molar-refractivity contribution in [2.75, 3.05) is 0 Å². The number of aromatic amines is 2. The van der Waals surface area contributed by atoms with Gasteiger partial charge in [-0.1, -0.05) is 36.9 Å². The Bertz CT molecular complexity index is 616. The molecule has 1 aromatic carbocycles. The van der Waals surface area contributed by atoms with Gasteiger partial charge >= 0.3 is 5.69 Å². The average Bonchev–Trinajstić information content (AvgIpc) is 2.30. The molecule has 0 atom stereocenters. The van der Waals surface area contributed by atoms with Gasteiger partial charge in [-0.3, -0.25) is 9.78 Å². The Balaban J connectivity index is 2.45. The Morgan fingerprint density at radius 2 is 1.82 bits per heavy atom. The largest absolute Gasteiger partial charge is 0.326 e. The quantitative estimate of drug-likeness (QED) is 0.814. The van der Waals surface area contributed by atoms with Crippen LogP contribution in [0, 0.1) is 0 Å². The number of hydrogen-bond donors (Lipinski definition) is 2. The molecule has 2 aromatic rings. The lowest BCUT2D eigenvalue weighted by atomic mass is 10.3. The minimum absolute atomic E-state index is 0.310. The van der Waals surface area contributed by atoms with E-state index in [1.807, 2.05) is 37.3 Å². The van der Waals surface area contributed by atoms with Gasteiger partial charge in [0.05, 0.1) is 5.03 Å². The van der Waals surface area contributed by atoms with Crippen LogP contribution in [0.4, 0.5) is 0 Å². The first kappa shape index (κ1) is 11.7. The molecule has 0 amide bonds. The summed E-state index contributed by atoms with van der Waals surface area (Å²) >= 11 is 1.39. The fourth-order valence-corrected chi connectivity index (χ4v) is 2.54. The van der Waals surface area contributed by atoms with Crippen molar-refractivity contribution in [3.05, 3.63) is 56.7 Å². The van der Waals surface area contributed by atoms with Crippen molar-refractivity contribution < 1.29 is 0 Å². The van der Waals surface area contributed by atoms with Crippen molar-refractivity contribution in [2.45, 2.75) is 23.3 Å². The van der Waals surface area contributed by atoms with Crippen LogP contribution < -0.4 is 11.2 Å². The molecule has 1 heterocycles. The topological polar surface area (TPSA) is 65.7 Å². The summed E-state index contributed by atoms with van der Waals surface area (Å²) in [6, 6.07) is 9.62. The standard InChI is InChI=1S/C12H12N2O2S/c1-2-9-10(15)13-12(16)14-11(9)17-8-6-4-3-5-7-8/h3-7H,2H2,1H3,(H2,13,14,15,16). The van der Waals surface area contributed by atoms with Gasteiger partial charge in [0.1, 0.15) is 0 Å². The lowest BCUT2D eigenvalue weighted by Crippen LogP contribution is -2.26. The second-order valence-corrected chi connectivity index (χ2v) is 4.57. The molecule has 0 fully saturated rings. The van der Waals surface area contributed by atoms with E-state index in [2.05, 4.69) is 9.97 Å². The van der Waals surface area contributed by atoms with Crippen LogP contribution in [0.1, 0.15) is 12.5 Å². The number of hydrogen-bond acceptors (Lipinski definition) is 3. The van der Waals surface area contributed by atoms with Crippen molar-refractivity contribution in [3.63, 3.8) is 0 Å².